The molecule has 0 bridgehead atoms. The smallest absolute Gasteiger partial charge is 0.328 e. The third-order valence-corrected chi connectivity index (χ3v) is 4.67. The number of nitrogens with one attached hydrogen (secondary N) is 1. The number of allylic oxidation sites excluding steroid dienone is 1. The van der Waals surface area contributed by atoms with Crippen molar-refractivity contribution < 1.29 is 4.74 Å². The second-order valence-corrected chi connectivity index (χ2v) is 6.29. The quantitative estimate of drug-likeness (QED) is 0.570. The minimum absolute atomic E-state index is 0.0853. The molecule has 0 spiro atoms. The van der Waals surface area contributed by atoms with Gasteiger partial charge < -0.3 is 9.72 Å². The Morgan fingerprint density at radius 2 is 1.96 bits per heavy atom. The fourth-order valence-corrected chi connectivity index (χ4v) is 3.18. The lowest BCUT2D eigenvalue weighted by molar-refractivity contribution is 0.415. The summed E-state index contributed by atoms with van der Waals surface area (Å²) in [7, 11) is 5.08. The Labute approximate surface area is 154 Å². The van der Waals surface area contributed by atoms with Crippen LogP contribution in [-0.4, -0.2) is 26.2 Å². The van der Waals surface area contributed by atoms with Crippen molar-refractivity contribution in [3.63, 3.8) is 0 Å². The molecule has 2 aromatic heterocycles. The molecule has 27 heavy (non-hydrogen) atoms. The summed E-state index contributed by atoms with van der Waals surface area (Å²) in [5.74, 6) is 1.21. The highest BCUT2D eigenvalue weighted by Crippen LogP contribution is 2.23. The van der Waals surface area contributed by atoms with E-state index in [0.29, 0.717) is 11.4 Å². The predicted octanol–water partition coefficient (Wildman–Crippen LogP) is 2.83. The van der Waals surface area contributed by atoms with E-state index in [-0.39, 0.29) is 5.69 Å². The molecule has 0 fully saturated rings. The van der Waals surface area contributed by atoms with Crippen LogP contribution < -0.4 is 10.4 Å². The van der Waals surface area contributed by atoms with E-state index in [0.717, 1.165) is 33.4 Å². The van der Waals surface area contributed by atoms with Crippen LogP contribution in [0.5, 0.6) is 5.75 Å². The second kappa shape index (κ2) is 6.18. The molecule has 0 aliphatic carbocycles. The third kappa shape index (κ3) is 2.68. The SMILES string of the molecule is COc1ccc2nc(/C(C#N)=C\c3ccc4c(c3)n(C)c(=O)n4C)[nH]c2c1. The fraction of sp³-hybridized carbons (Fsp3) is 0.150. The largest absolute Gasteiger partial charge is 0.497 e. The van der Waals surface area contributed by atoms with Gasteiger partial charge in [-0.25, -0.2) is 9.78 Å². The van der Waals surface area contributed by atoms with E-state index in [1.807, 2.05) is 36.4 Å². The van der Waals surface area contributed by atoms with Gasteiger partial charge in [0.25, 0.3) is 0 Å². The van der Waals surface area contributed by atoms with Crippen molar-refractivity contribution >= 4 is 33.7 Å². The molecule has 0 saturated heterocycles. The second-order valence-electron chi connectivity index (χ2n) is 6.29. The summed E-state index contributed by atoms with van der Waals surface area (Å²) in [5, 5.41) is 9.62. The molecule has 0 atom stereocenters. The lowest BCUT2D eigenvalue weighted by Crippen LogP contribution is -2.19. The van der Waals surface area contributed by atoms with E-state index >= 15 is 0 Å². The minimum Gasteiger partial charge on any atom is -0.497 e. The molecule has 4 aromatic rings. The number of aromatic amines is 1. The van der Waals surface area contributed by atoms with E-state index in [1.54, 1.807) is 36.4 Å². The van der Waals surface area contributed by atoms with Gasteiger partial charge >= 0.3 is 5.69 Å². The number of aromatic nitrogens is 4. The molecule has 0 unspecified atom stereocenters. The van der Waals surface area contributed by atoms with Crippen molar-refractivity contribution in [1.82, 2.24) is 19.1 Å². The molecule has 2 heterocycles. The van der Waals surface area contributed by atoms with Crippen LogP contribution in [0.15, 0.2) is 41.2 Å². The van der Waals surface area contributed by atoms with Crippen LogP contribution in [0.1, 0.15) is 11.4 Å². The maximum absolute atomic E-state index is 12.1. The summed E-state index contributed by atoms with van der Waals surface area (Å²) in [6.07, 6.45) is 1.76. The molecule has 134 valence electrons. The number of hydrogen-bond donors (Lipinski definition) is 1. The normalized spacial score (nSPS) is 11.9. The van der Waals surface area contributed by atoms with Crippen LogP contribution in [0.2, 0.25) is 0 Å². The number of aryl methyl sites for hydroxylation is 2. The average molecular weight is 359 g/mol. The molecule has 0 radical (unpaired) electrons. The monoisotopic (exact) mass is 359 g/mol. The predicted molar refractivity (Wildman–Crippen MR) is 104 cm³/mol. The number of hydrogen-bond acceptors (Lipinski definition) is 4. The van der Waals surface area contributed by atoms with E-state index in [4.69, 9.17) is 4.74 Å². The summed E-state index contributed by atoms with van der Waals surface area (Å²) < 4.78 is 8.41. The minimum atomic E-state index is -0.0853. The Balaban J connectivity index is 1.82. The molecular weight excluding hydrogens is 342 g/mol. The summed E-state index contributed by atoms with van der Waals surface area (Å²) in [5.41, 5.74) is 4.35. The average Bonchev–Trinajstić information content (AvgIpc) is 3.20. The van der Waals surface area contributed by atoms with E-state index in [2.05, 4.69) is 16.0 Å². The fourth-order valence-electron chi connectivity index (χ4n) is 3.18. The number of nitriles is 1. The topological polar surface area (TPSA) is 88.6 Å². The van der Waals surface area contributed by atoms with Crippen LogP contribution in [0.25, 0.3) is 33.7 Å². The van der Waals surface area contributed by atoms with Crippen LogP contribution in [0, 0.1) is 11.3 Å². The zero-order chi connectivity index (χ0) is 19.1. The number of ether oxygens (including phenoxy) is 1. The van der Waals surface area contributed by atoms with Crippen LogP contribution >= 0.6 is 0 Å². The first-order chi connectivity index (χ1) is 13.0. The summed E-state index contributed by atoms with van der Waals surface area (Å²) >= 11 is 0. The molecule has 0 aliphatic heterocycles. The number of nitrogens with zero attached hydrogens (tertiary/aromatic N) is 4. The van der Waals surface area contributed by atoms with Crippen LogP contribution in [-0.2, 0) is 14.1 Å². The van der Waals surface area contributed by atoms with Gasteiger partial charge in [0.15, 0.2) is 0 Å². The van der Waals surface area contributed by atoms with Gasteiger partial charge in [-0.15, -0.1) is 0 Å². The Morgan fingerprint density at radius 1 is 1.19 bits per heavy atom. The molecular formula is C20H17N5O2. The van der Waals surface area contributed by atoms with Gasteiger partial charge in [0.1, 0.15) is 17.6 Å². The van der Waals surface area contributed by atoms with Crippen LogP contribution in [0.4, 0.5) is 0 Å². The molecule has 7 heteroatoms. The molecule has 7 nitrogen and oxygen atoms in total. The van der Waals surface area contributed by atoms with Crippen molar-refractivity contribution in [2.75, 3.05) is 7.11 Å². The maximum atomic E-state index is 12.1. The van der Waals surface area contributed by atoms with Crippen molar-refractivity contribution in [2.45, 2.75) is 0 Å². The van der Waals surface area contributed by atoms with Crippen molar-refractivity contribution in [3.05, 3.63) is 58.3 Å². The molecule has 2 aromatic carbocycles. The number of benzene rings is 2. The van der Waals surface area contributed by atoms with Gasteiger partial charge in [-0.3, -0.25) is 9.13 Å². The number of methoxy groups -OCH3 is 1. The first-order valence-electron chi connectivity index (χ1n) is 8.33. The third-order valence-electron chi connectivity index (χ3n) is 4.67. The van der Waals surface area contributed by atoms with Gasteiger partial charge in [0.2, 0.25) is 0 Å². The van der Waals surface area contributed by atoms with Gasteiger partial charge in [0.05, 0.1) is 34.7 Å². The Bertz CT molecular complexity index is 1310. The standard InChI is InChI=1S/C20H17N5O2/c1-24-17-7-4-12(9-18(17)25(2)20(24)26)8-13(11-21)19-22-15-6-5-14(27-3)10-16(15)23-19/h4-10H,1-3H3,(H,22,23)/b13-8-. The first-order valence-corrected chi connectivity index (χ1v) is 8.33. The number of fused-ring (bicyclic) bond motifs is 2. The van der Waals surface area contributed by atoms with E-state index < -0.39 is 0 Å². The Morgan fingerprint density at radius 3 is 2.70 bits per heavy atom. The van der Waals surface area contributed by atoms with Gasteiger partial charge in [-0.2, -0.15) is 5.26 Å². The number of rotatable bonds is 3. The Kier molecular flexibility index (Phi) is 3.81. The van der Waals surface area contributed by atoms with Crippen LogP contribution in [0.3, 0.4) is 0 Å². The van der Waals surface area contributed by atoms with E-state index in [1.165, 1.54) is 0 Å². The lowest BCUT2D eigenvalue weighted by atomic mass is 10.1. The van der Waals surface area contributed by atoms with Gasteiger partial charge in [-0.1, -0.05) is 6.07 Å². The Hall–Kier alpha value is -3.79. The zero-order valence-electron chi connectivity index (χ0n) is 15.1. The highest BCUT2D eigenvalue weighted by Gasteiger charge is 2.11. The molecule has 1 N–H and O–H groups in total. The van der Waals surface area contributed by atoms with E-state index in [9.17, 15) is 10.1 Å². The highest BCUT2D eigenvalue weighted by atomic mass is 16.5. The van der Waals surface area contributed by atoms with Crippen molar-refractivity contribution in [3.8, 4) is 11.8 Å². The van der Waals surface area contributed by atoms with Gasteiger partial charge in [-0.05, 0) is 35.9 Å². The number of imidazole rings is 2. The maximum Gasteiger partial charge on any atom is 0.328 e. The first kappa shape index (κ1) is 16.7. The molecule has 4 rings (SSSR count). The summed E-state index contributed by atoms with van der Waals surface area (Å²) in [6, 6.07) is 13.4. The molecule has 0 saturated carbocycles. The number of H-pyrrole nitrogens is 1. The summed E-state index contributed by atoms with van der Waals surface area (Å²) in [4.78, 5) is 19.7. The highest BCUT2D eigenvalue weighted by molar-refractivity contribution is 5.92. The van der Waals surface area contributed by atoms with Crippen molar-refractivity contribution in [1.29, 1.82) is 5.26 Å². The zero-order valence-corrected chi connectivity index (χ0v) is 15.1. The summed E-state index contributed by atoms with van der Waals surface area (Å²) in [6.45, 7) is 0. The lowest BCUT2D eigenvalue weighted by Gasteiger charge is -1.99. The molecule has 0 amide bonds. The van der Waals surface area contributed by atoms with Gasteiger partial charge in [0, 0.05) is 20.2 Å². The van der Waals surface area contributed by atoms with Crippen molar-refractivity contribution in [2.24, 2.45) is 14.1 Å². The molecule has 0 aliphatic rings.